The van der Waals surface area contributed by atoms with Crippen molar-refractivity contribution in [3.8, 4) is 17.2 Å². The highest BCUT2D eigenvalue weighted by molar-refractivity contribution is 5.55. The zero-order chi connectivity index (χ0) is 18.3. The van der Waals surface area contributed by atoms with Gasteiger partial charge in [0.25, 0.3) is 0 Å². The third kappa shape index (κ3) is 2.96. The third-order valence-electron chi connectivity index (χ3n) is 7.39. The second-order valence-corrected chi connectivity index (χ2v) is 8.88. The molecule has 26 heavy (non-hydrogen) atoms. The Hall–Kier alpha value is -1.42. The maximum absolute atomic E-state index is 5.65. The first-order valence-electron chi connectivity index (χ1n) is 10.1. The molecule has 1 N–H and O–H groups in total. The van der Waals surface area contributed by atoms with Gasteiger partial charge in [-0.15, -0.1) is 0 Å². The largest absolute Gasteiger partial charge is 0.493 e. The number of nitrogens with one attached hydrogen (secondary N) is 1. The van der Waals surface area contributed by atoms with E-state index in [4.69, 9.17) is 14.2 Å². The van der Waals surface area contributed by atoms with E-state index in [0.29, 0.717) is 23.0 Å². The normalized spacial score (nSPS) is 33.2. The van der Waals surface area contributed by atoms with Gasteiger partial charge in [0.2, 0.25) is 5.75 Å². The summed E-state index contributed by atoms with van der Waals surface area (Å²) in [6.07, 6.45) is 8.77. The van der Waals surface area contributed by atoms with E-state index in [0.717, 1.165) is 35.6 Å². The van der Waals surface area contributed by atoms with E-state index in [1.54, 1.807) is 21.3 Å². The molecule has 144 valence electrons. The molecule has 0 spiro atoms. The van der Waals surface area contributed by atoms with Crippen molar-refractivity contribution in [3.05, 3.63) is 17.7 Å². The van der Waals surface area contributed by atoms with Crippen LogP contribution in [0.3, 0.4) is 0 Å². The maximum Gasteiger partial charge on any atom is 0.203 e. The zero-order valence-electron chi connectivity index (χ0n) is 16.6. The van der Waals surface area contributed by atoms with E-state index in [1.165, 1.54) is 38.5 Å². The lowest BCUT2D eigenvalue weighted by Crippen LogP contribution is -2.54. The summed E-state index contributed by atoms with van der Waals surface area (Å²) in [7, 11) is 5.02. The molecule has 0 saturated heterocycles. The van der Waals surface area contributed by atoms with Gasteiger partial charge in [-0.05, 0) is 74.7 Å². The van der Waals surface area contributed by atoms with Gasteiger partial charge in [0.05, 0.1) is 21.3 Å². The van der Waals surface area contributed by atoms with E-state index in [9.17, 15) is 0 Å². The van der Waals surface area contributed by atoms with Gasteiger partial charge in [0.1, 0.15) is 0 Å². The molecule has 4 bridgehead atoms. The minimum absolute atomic E-state index is 0.512. The van der Waals surface area contributed by atoms with Gasteiger partial charge in [-0.1, -0.05) is 6.07 Å². The van der Waals surface area contributed by atoms with E-state index >= 15 is 0 Å². The van der Waals surface area contributed by atoms with Crippen molar-refractivity contribution in [2.24, 2.45) is 23.2 Å². The van der Waals surface area contributed by atoms with Crippen molar-refractivity contribution < 1.29 is 14.2 Å². The summed E-state index contributed by atoms with van der Waals surface area (Å²) in [5.74, 6) is 5.12. The van der Waals surface area contributed by atoms with Crippen molar-refractivity contribution in [1.29, 1.82) is 0 Å². The molecule has 4 aliphatic rings. The van der Waals surface area contributed by atoms with E-state index in [2.05, 4.69) is 18.3 Å². The Labute approximate surface area is 157 Å². The molecule has 4 fully saturated rings. The van der Waals surface area contributed by atoms with Gasteiger partial charge in [-0.3, -0.25) is 0 Å². The zero-order valence-corrected chi connectivity index (χ0v) is 16.6. The maximum atomic E-state index is 5.65. The molecular weight excluding hydrogens is 326 g/mol. The standard InChI is InChI=1S/C22H33NO3/c1-14(22-10-15-7-16(11-22)9-17(8-15)12-22)23-13-18-5-6-19(24-2)21(26-4)20(18)25-3/h5-6,14-17,23H,7-13H2,1-4H3/t14-,15?,16?,17?,22?/m1/s1. The van der Waals surface area contributed by atoms with Crippen molar-refractivity contribution in [1.82, 2.24) is 5.32 Å². The van der Waals surface area contributed by atoms with Gasteiger partial charge in [-0.25, -0.2) is 0 Å². The Morgan fingerprint density at radius 2 is 1.50 bits per heavy atom. The third-order valence-corrected chi connectivity index (χ3v) is 7.39. The van der Waals surface area contributed by atoms with Crippen LogP contribution in [0.25, 0.3) is 0 Å². The Morgan fingerprint density at radius 1 is 0.923 bits per heavy atom. The molecule has 4 saturated carbocycles. The topological polar surface area (TPSA) is 39.7 Å². The van der Waals surface area contributed by atoms with Crippen LogP contribution in [0.2, 0.25) is 0 Å². The Balaban J connectivity index is 1.49. The van der Waals surface area contributed by atoms with Crippen LogP contribution in [0.5, 0.6) is 17.2 Å². The highest BCUT2D eigenvalue weighted by atomic mass is 16.5. The van der Waals surface area contributed by atoms with Crippen LogP contribution in [0.1, 0.15) is 51.0 Å². The van der Waals surface area contributed by atoms with Gasteiger partial charge in [0, 0.05) is 18.2 Å². The summed E-state index contributed by atoms with van der Waals surface area (Å²) < 4.78 is 16.6. The smallest absolute Gasteiger partial charge is 0.203 e. The first kappa shape index (κ1) is 18.0. The fourth-order valence-corrected chi connectivity index (χ4v) is 6.49. The Kier molecular flexibility index (Phi) is 4.81. The Bertz CT molecular complexity index is 622. The lowest BCUT2D eigenvalue weighted by Gasteiger charge is -2.59. The van der Waals surface area contributed by atoms with E-state index in [-0.39, 0.29) is 0 Å². The highest BCUT2D eigenvalue weighted by Crippen LogP contribution is 2.61. The molecule has 5 rings (SSSR count). The van der Waals surface area contributed by atoms with Crippen molar-refractivity contribution in [3.63, 3.8) is 0 Å². The minimum Gasteiger partial charge on any atom is -0.493 e. The number of ether oxygens (including phenoxy) is 3. The van der Waals surface area contributed by atoms with Gasteiger partial charge in [-0.2, -0.15) is 0 Å². The molecule has 0 aliphatic heterocycles. The molecule has 1 aromatic carbocycles. The van der Waals surface area contributed by atoms with Gasteiger partial charge >= 0.3 is 0 Å². The van der Waals surface area contributed by atoms with Crippen LogP contribution < -0.4 is 19.5 Å². The van der Waals surface area contributed by atoms with Crippen LogP contribution >= 0.6 is 0 Å². The molecule has 0 unspecified atom stereocenters. The van der Waals surface area contributed by atoms with Crippen LogP contribution in [0.4, 0.5) is 0 Å². The summed E-state index contributed by atoms with van der Waals surface area (Å²) >= 11 is 0. The van der Waals surface area contributed by atoms with Crippen LogP contribution in [-0.2, 0) is 6.54 Å². The number of methoxy groups -OCH3 is 3. The summed E-state index contributed by atoms with van der Waals surface area (Å²) in [4.78, 5) is 0. The second kappa shape index (κ2) is 6.95. The van der Waals surface area contributed by atoms with Crippen molar-refractivity contribution in [2.45, 2.75) is 58.0 Å². The minimum atomic E-state index is 0.512. The van der Waals surface area contributed by atoms with E-state index < -0.39 is 0 Å². The predicted molar refractivity (Wildman–Crippen MR) is 103 cm³/mol. The molecule has 0 radical (unpaired) electrons. The monoisotopic (exact) mass is 359 g/mol. The molecule has 1 aromatic rings. The molecule has 0 aromatic heterocycles. The molecule has 0 heterocycles. The average molecular weight is 360 g/mol. The lowest BCUT2D eigenvalue weighted by atomic mass is 9.48. The van der Waals surface area contributed by atoms with Crippen molar-refractivity contribution in [2.75, 3.05) is 21.3 Å². The molecule has 4 heteroatoms. The molecule has 4 aliphatic carbocycles. The molecule has 4 nitrogen and oxygen atoms in total. The highest BCUT2D eigenvalue weighted by Gasteiger charge is 2.52. The summed E-state index contributed by atoms with van der Waals surface area (Å²) in [6, 6.07) is 4.58. The molecule has 1 atom stereocenters. The molecular formula is C22H33NO3. The Morgan fingerprint density at radius 3 is 2.00 bits per heavy atom. The SMILES string of the molecule is COc1ccc(CN[C@H](C)C23CC4CC(CC(C4)C2)C3)c(OC)c1OC. The number of rotatable bonds is 7. The fraction of sp³-hybridized carbons (Fsp3) is 0.727. The van der Waals surface area contributed by atoms with Crippen LogP contribution in [0.15, 0.2) is 12.1 Å². The van der Waals surface area contributed by atoms with Crippen molar-refractivity contribution >= 4 is 0 Å². The lowest BCUT2D eigenvalue weighted by molar-refractivity contribution is -0.0706. The summed E-state index contributed by atoms with van der Waals surface area (Å²) in [5.41, 5.74) is 1.64. The van der Waals surface area contributed by atoms with Gasteiger partial charge < -0.3 is 19.5 Å². The second-order valence-electron chi connectivity index (χ2n) is 8.88. The predicted octanol–water partition coefficient (Wildman–Crippen LogP) is 4.41. The van der Waals surface area contributed by atoms with Gasteiger partial charge in [0.15, 0.2) is 11.5 Å². The first-order chi connectivity index (χ1) is 12.6. The summed E-state index contributed by atoms with van der Waals surface area (Å²) in [5, 5.41) is 3.84. The molecule has 0 amide bonds. The van der Waals surface area contributed by atoms with E-state index in [1.807, 2.05) is 6.07 Å². The average Bonchev–Trinajstić information content (AvgIpc) is 2.63. The fourth-order valence-electron chi connectivity index (χ4n) is 6.49. The van der Waals surface area contributed by atoms with Crippen LogP contribution in [-0.4, -0.2) is 27.4 Å². The number of benzene rings is 1. The number of hydrogen-bond donors (Lipinski definition) is 1. The number of hydrogen-bond acceptors (Lipinski definition) is 4. The quantitative estimate of drug-likeness (QED) is 0.783. The first-order valence-corrected chi connectivity index (χ1v) is 10.1. The summed E-state index contributed by atoms with van der Waals surface area (Å²) in [6.45, 7) is 3.20. The van der Waals surface area contributed by atoms with Crippen LogP contribution in [0, 0.1) is 23.2 Å².